The van der Waals surface area contributed by atoms with Gasteiger partial charge in [-0.25, -0.2) is 0 Å². The van der Waals surface area contributed by atoms with Gasteiger partial charge in [0, 0.05) is 12.5 Å². The van der Waals surface area contributed by atoms with Crippen molar-refractivity contribution in [1.29, 1.82) is 0 Å². The van der Waals surface area contributed by atoms with Crippen molar-refractivity contribution in [2.24, 2.45) is 17.8 Å². The normalized spacial score (nSPS) is 31.9. The van der Waals surface area contributed by atoms with Crippen LogP contribution in [0.15, 0.2) is 12.2 Å². The largest absolute Gasteiger partial charge is 0.481 e. The molecule has 3 unspecified atom stereocenters. The first-order valence-electron chi connectivity index (χ1n) is 5.34. The Balaban J connectivity index is 1.77. The number of amides is 1. The van der Waals surface area contributed by atoms with Crippen LogP contribution in [-0.2, 0) is 9.59 Å². The number of aliphatic carboxylic acids is 1. The lowest BCUT2D eigenvalue weighted by Gasteiger charge is -2.16. The second-order valence-electron chi connectivity index (χ2n) is 4.32. The zero-order chi connectivity index (χ0) is 10.8. The summed E-state index contributed by atoms with van der Waals surface area (Å²) in [6.07, 6.45) is 6.33. The van der Waals surface area contributed by atoms with Crippen LogP contribution in [0.25, 0.3) is 0 Å². The smallest absolute Gasteiger partial charge is 0.305 e. The number of nitrogens with one attached hydrogen (secondary N) is 1. The molecule has 1 saturated carbocycles. The van der Waals surface area contributed by atoms with Gasteiger partial charge in [-0.1, -0.05) is 12.2 Å². The highest BCUT2D eigenvalue weighted by Gasteiger charge is 2.39. The van der Waals surface area contributed by atoms with E-state index in [1.54, 1.807) is 0 Å². The zero-order valence-electron chi connectivity index (χ0n) is 8.48. The standard InChI is InChI=1S/C11H15NO3/c13-10(14)3-4-12-11(15)9-6-7-1-2-8(9)5-7/h1-2,7-9H,3-6H2,(H,12,15)(H,13,14). The Hall–Kier alpha value is -1.32. The molecule has 3 atom stereocenters. The fourth-order valence-corrected chi connectivity index (χ4v) is 2.51. The number of rotatable bonds is 4. The highest BCUT2D eigenvalue weighted by atomic mass is 16.4. The van der Waals surface area contributed by atoms with Crippen molar-refractivity contribution >= 4 is 11.9 Å². The van der Waals surface area contributed by atoms with E-state index in [0.29, 0.717) is 11.8 Å². The third-order valence-electron chi connectivity index (χ3n) is 3.25. The van der Waals surface area contributed by atoms with Crippen molar-refractivity contribution in [3.05, 3.63) is 12.2 Å². The van der Waals surface area contributed by atoms with E-state index in [9.17, 15) is 9.59 Å². The molecule has 0 heterocycles. The minimum atomic E-state index is -0.872. The first-order chi connectivity index (χ1) is 7.16. The lowest BCUT2D eigenvalue weighted by molar-refractivity contribution is -0.137. The minimum absolute atomic E-state index is 0.00238. The van der Waals surface area contributed by atoms with Crippen molar-refractivity contribution < 1.29 is 14.7 Å². The van der Waals surface area contributed by atoms with E-state index in [1.807, 2.05) is 0 Å². The summed E-state index contributed by atoms with van der Waals surface area (Å²) in [4.78, 5) is 21.9. The number of fused-ring (bicyclic) bond motifs is 2. The van der Waals surface area contributed by atoms with Gasteiger partial charge in [-0.05, 0) is 24.7 Å². The van der Waals surface area contributed by atoms with E-state index in [0.717, 1.165) is 12.8 Å². The predicted octanol–water partition coefficient (Wildman–Crippen LogP) is 0.790. The van der Waals surface area contributed by atoms with Crippen molar-refractivity contribution in [3.8, 4) is 0 Å². The molecule has 0 radical (unpaired) electrons. The molecule has 82 valence electrons. The van der Waals surface area contributed by atoms with E-state index in [1.165, 1.54) is 0 Å². The molecule has 0 aromatic carbocycles. The Morgan fingerprint density at radius 3 is 2.67 bits per heavy atom. The van der Waals surface area contributed by atoms with Crippen LogP contribution >= 0.6 is 0 Å². The summed E-state index contributed by atoms with van der Waals surface area (Å²) in [5.41, 5.74) is 0. The van der Waals surface area contributed by atoms with Gasteiger partial charge in [0.1, 0.15) is 0 Å². The van der Waals surface area contributed by atoms with Crippen LogP contribution in [0.5, 0.6) is 0 Å². The lowest BCUT2D eigenvalue weighted by Crippen LogP contribution is -2.34. The number of carboxylic acids is 1. The van der Waals surface area contributed by atoms with Crippen LogP contribution in [0.1, 0.15) is 19.3 Å². The van der Waals surface area contributed by atoms with Crippen LogP contribution in [0, 0.1) is 17.8 Å². The summed E-state index contributed by atoms with van der Waals surface area (Å²) in [6.45, 7) is 0.242. The highest BCUT2D eigenvalue weighted by molar-refractivity contribution is 5.80. The van der Waals surface area contributed by atoms with Gasteiger partial charge in [-0.2, -0.15) is 0 Å². The summed E-state index contributed by atoms with van der Waals surface area (Å²) < 4.78 is 0. The van der Waals surface area contributed by atoms with E-state index in [2.05, 4.69) is 17.5 Å². The van der Waals surface area contributed by atoms with E-state index in [-0.39, 0.29) is 24.8 Å². The first-order valence-corrected chi connectivity index (χ1v) is 5.34. The average Bonchev–Trinajstić information content (AvgIpc) is 2.77. The fraction of sp³-hybridized carbons (Fsp3) is 0.636. The molecule has 0 saturated heterocycles. The monoisotopic (exact) mass is 209 g/mol. The van der Waals surface area contributed by atoms with E-state index >= 15 is 0 Å². The minimum Gasteiger partial charge on any atom is -0.481 e. The highest BCUT2D eigenvalue weighted by Crippen LogP contribution is 2.43. The molecule has 4 heteroatoms. The SMILES string of the molecule is O=C(O)CCNC(=O)C1CC2C=CC1C2. The molecule has 2 bridgehead atoms. The van der Waals surface area contributed by atoms with Gasteiger partial charge in [0.05, 0.1) is 6.42 Å². The summed E-state index contributed by atoms with van der Waals surface area (Å²) in [5, 5.41) is 11.1. The number of carbonyl (C=O) groups is 2. The third kappa shape index (κ3) is 2.19. The number of carboxylic acid groups (broad SMARTS) is 1. The first kappa shape index (κ1) is 10.2. The van der Waals surface area contributed by atoms with Crippen molar-refractivity contribution in [1.82, 2.24) is 5.32 Å². The number of hydrogen-bond acceptors (Lipinski definition) is 2. The van der Waals surface area contributed by atoms with Gasteiger partial charge >= 0.3 is 5.97 Å². The van der Waals surface area contributed by atoms with Crippen LogP contribution < -0.4 is 5.32 Å². The van der Waals surface area contributed by atoms with Crippen LogP contribution in [-0.4, -0.2) is 23.5 Å². The maximum atomic E-state index is 11.7. The second-order valence-corrected chi connectivity index (χ2v) is 4.32. The van der Waals surface area contributed by atoms with Crippen molar-refractivity contribution in [2.75, 3.05) is 6.54 Å². The van der Waals surface area contributed by atoms with Gasteiger partial charge in [-0.3, -0.25) is 9.59 Å². The topological polar surface area (TPSA) is 66.4 Å². The molecule has 1 amide bonds. The van der Waals surface area contributed by atoms with Gasteiger partial charge in [0.2, 0.25) is 5.91 Å². The van der Waals surface area contributed by atoms with Crippen LogP contribution in [0.4, 0.5) is 0 Å². The molecule has 0 aliphatic heterocycles. The molecule has 2 N–H and O–H groups in total. The third-order valence-corrected chi connectivity index (χ3v) is 3.25. The molecule has 2 aliphatic carbocycles. The lowest BCUT2D eigenvalue weighted by atomic mass is 9.93. The summed E-state index contributed by atoms with van der Waals surface area (Å²) in [7, 11) is 0. The second kappa shape index (κ2) is 4.04. The van der Waals surface area contributed by atoms with Gasteiger partial charge in [0.25, 0.3) is 0 Å². The Kier molecular flexibility index (Phi) is 2.75. The van der Waals surface area contributed by atoms with E-state index < -0.39 is 5.97 Å². The quantitative estimate of drug-likeness (QED) is 0.673. The van der Waals surface area contributed by atoms with Gasteiger partial charge < -0.3 is 10.4 Å². The van der Waals surface area contributed by atoms with Crippen LogP contribution in [0.3, 0.4) is 0 Å². The Bertz CT molecular complexity index is 311. The molecule has 15 heavy (non-hydrogen) atoms. The summed E-state index contributed by atoms with van der Waals surface area (Å²) >= 11 is 0. The zero-order valence-corrected chi connectivity index (χ0v) is 8.48. The Labute approximate surface area is 88.4 Å². The predicted molar refractivity (Wildman–Crippen MR) is 54.1 cm³/mol. The molecule has 0 spiro atoms. The summed E-state index contributed by atoms with van der Waals surface area (Å²) in [6, 6.07) is 0. The van der Waals surface area contributed by atoms with Crippen LogP contribution in [0.2, 0.25) is 0 Å². The molecule has 0 aromatic rings. The molecule has 2 rings (SSSR count). The molecule has 1 fully saturated rings. The maximum Gasteiger partial charge on any atom is 0.305 e. The average molecular weight is 209 g/mol. The van der Waals surface area contributed by atoms with E-state index in [4.69, 9.17) is 5.11 Å². The number of hydrogen-bond donors (Lipinski definition) is 2. The molecule has 2 aliphatic rings. The maximum absolute atomic E-state index is 11.7. The summed E-state index contributed by atoms with van der Waals surface area (Å²) in [5.74, 6) is 0.190. The number of carbonyl (C=O) groups excluding carboxylic acids is 1. The fourth-order valence-electron chi connectivity index (χ4n) is 2.51. The molecular formula is C11H15NO3. The van der Waals surface area contributed by atoms with Crippen molar-refractivity contribution in [3.63, 3.8) is 0 Å². The number of allylic oxidation sites excluding steroid dienone is 2. The molecule has 0 aromatic heterocycles. The Morgan fingerprint density at radius 1 is 1.33 bits per heavy atom. The Morgan fingerprint density at radius 2 is 2.13 bits per heavy atom. The molecule has 4 nitrogen and oxygen atoms in total. The van der Waals surface area contributed by atoms with Crippen molar-refractivity contribution in [2.45, 2.75) is 19.3 Å². The molecular weight excluding hydrogens is 194 g/mol. The van der Waals surface area contributed by atoms with Gasteiger partial charge in [0.15, 0.2) is 0 Å². The van der Waals surface area contributed by atoms with Gasteiger partial charge in [-0.15, -0.1) is 0 Å².